The van der Waals surface area contributed by atoms with Crippen LogP contribution in [0, 0.1) is 0 Å². The first kappa shape index (κ1) is 11.3. The monoisotopic (exact) mass is 232 g/mol. The first-order chi connectivity index (χ1) is 6.65. The number of alkyl halides is 1. The molecular weight excluding hydrogens is 223 g/mol. The maximum absolute atomic E-state index is 11.5. The summed E-state index contributed by atoms with van der Waals surface area (Å²) in [7, 11) is 0. The zero-order valence-corrected chi connectivity index (χ0v) is 9.18. The van der Waals surface area contributed by atoms with Crippen LogP contribution < -0.4 is 0 Å². The number of halogens is 2. The van der Waals surface area contributed by atoms with Crippen molar-refractivity contribution in [2.75, 3.05) is 5.88 Å². The molecule has 0 aliphatic rings. The summed E-state index contributed by atoms with van der Waals surface area (Å²) in [6.45, 7) is 1.72. The Morgan fingerprint density at radius 1 is 1.50 bits per heavy atom. The molecule has 0 radical (unpaired) electrons. The van der Waals surface area contributed by atoms with Crippen LogP contribution >= 0.6 is 23.2 Å². The van der Waals surface area contributed by atoms with E-state index in [1.165, 1.54) is 0 Å². The Balaban J connectivity index is 2.75. The van der Waals surface area contributed by atoms with Gasteiger partial charge < -0.3 is 4.74 Å². The van der Waals surface area contributed by atoms with E-state index < -0.39 is 5.97 Å². The van der Waals surface area contributed by atoms with Crippen LogP contribution in [0.3, 0.4) is 0 Å². The molecule has 4 heteroatoms. The van der Waals surface area contributed by atoms with Crippen molar-refractivity contribution in [2.24, 2.45) is 0 Å². The van der Waals surface area contributed by atoms with Crippen LogP contribution in [-0.4, -0.2) is 18.0 Å². The number of hydrogen-bond acceptors (Lipinski definition) is 2. The summed E-state index contributed by atoms with van der Waals surface area (Å²) in [5, 5.41) is 0.388. The van der Waals surface area contributed by atoms with Gasteiger partial charge in [-0.15, -0.1) is 11.6 Å². The highest BCUT2D eigenvalue weighted by Crippen LogP contribution is 2.16. The smallest absolute Gasteiger partial charge is 0.339 e. The second-order valence-electron chi connectivity index (χ2n) is 2.85. The van der Waals surface area contributed by atoms with Gasteiger partial charge in [-0.2, -0.15) is 0 Å². The molecule has 0 fully saturated rings. The lowest BCUT2D eigenvalue weighted by molar-refractivity contribution is 0.0384. The Kier molecular flexibility index (Phi) is 4.23. The van der Waals surface area contributed by atoms with Gasteiger partial charge in [0.25, 0.3) is 0 Å². The van der Waals surface area contributed by atoms with E-state index in [1.807, 2.05) is 0 Å². The SMILES string of the molecule is C[C@@H](CCl)OC(=O)c1ccccc1Cl. The van der Waals surface area contributed by atoms with Crippen LogP contribution in [-0.2, 0) is 4.74 Å². The fourth-order valence-corrected chi connectivity index (χ4v) is 1.18. The average Bonchev–Trinajstić information content (AvgIpc) is 2.18. The highest BCUT2D eigenvalue weighted by Gasteiger charge is 2.13. The van der Waals surface area contributed by atoms with Crippen molar-refractivity contribution in [1.82, 2.24) is 0 Å². The van der Waals surface area contributed by atoms with Crippen molar-refractivity contribution in [3.8, 4) is 0 Å². The van der Waals surface area contributed by atoms with Crippen molar-refractivity contribution in [3.05, 3.63) is 34.9 Å². The minimum Gasteiger partial charge on any atom is -0.458 e. The van der Waals surface area contributed by atoms with Crippen LogP contribution in [0.1, 0.15) is 17.3 Å². The van der Waals surface area contributed by atoms with E-state index in [2.05, 4.69) is 0 Å². The lowest BCUT2D eigenvalue weighted by atomic mass is 10.2. The number of hydrogen-bond donors (Lipinski definition) is 0. The number of esters is 1. The molecule has 1 atom stereocenters. The van der Waals surface area contributed by atoms with Crippen molar-refractivity contribution >= 4 is 29.2 Å². The lowest BCUT2D eigenvalue weighted by Crippen LogP contribution is -2.16. The van der Waals surface area contributed by atoms with Gasteiger partial charge in [0.05, 0.1) is 16.5 Å². The topological polar surface area (TPSA) is 26.3 Å². The number of carbonyl (C=O) groups is 1. The van der Waals surface area contributed by atoms with Crippen molar-refractivity contribution in [3.63, 3.8) is 0 Å². The van der Waals surface area contributed by atoms with E-state index in [1.54, 1.807) is 31.2 Å². The molecule has 2 nitrogen and oxygen atoms in total. The quantitative estimate of drug-likeness (QED) is 0.592. The predicted molar refractivity (Wildman–Crippen MR) is 57.0 cm³/mol. The average molecular weight is 233 g/mol. The van der Waals surface area contributed by atoms with E-state index in [9.17, 15) is 4.79 Å². The molecule has 1 aromatic rings. The first-order valence-electron chi connectivity index (χ1n) is 4.16. The van der Waals surface area contributed by atoms with E-state index >= 15 is 0 Å². The van der Waals surface area contributed by atoms with Gasteiger partial charge in [0.2, 0.25) is 0 Å². The Morgan fingerprint density at radius 2 is 2.14 bits per heavy atom. The van der Waals surface area contributed by atoms with Gasteiger partial charge in [-0.25, -0.2) is 4.79 Å². The van der Waals surface area contributed by atoms with Crippen molar-refractivity contribution in [2.45, 2.75) is 13.0 Å². The molecule has 0 saturated carbocycles. The summed E-state index contributed by atoms with van der Waals surface area (Å²) in [6, 6.07) is 6.74. The maximum atomic E-state index is 11.5. The second-order valence-corrected chi connectivity index (χ2v) is 3.57. The van der Waals surface area contributed by atoms with Crippen LogP contribution in [0.5, 0.6) is 0 Å². The Hall–Kier alpha value is -0.730. The molecule has 14 heavy (non-hydrogen) atoms. The third-order valence-electron chi connectivity index (χ3n) is 1.62. The highest BCUT2D eigenvalue weighted by atomic mass is 35.5. The number of rotatable bonds is 3. The molecule has 0 bridgehead atoms. The number of ether oxygens (including phenoxy) is 1. The van der Waals surface area contributed by atoms with Gasteiger partial charge >= 0.3 is 5.97 Å². The molecule has 0 N–H and O–H groups in total. The van der Waals surface area contributed by atoms with Crippen LogP contribution in [0.4, 0.5) is 0 Å². The van der Waals surface area contributed by atoms with Gasteiger partial charge in [-0.3, -0.25) is 0 Å². The van der Waals surface area contributed by atoms with Gasteiger partial charge in [0.1, 0.15) is 6.10 Å². The molecule has 1 aromatic carbocycles. The summed E-state index contributed by atoms with van der Waals surface area (Å²) >= 11 is 11.3. The fourth-order valence-electron chi connectivity index (χ4n) is 0.904. The maximum Gasteiger partial charge on any atom is 0.339 e. The summed E-state index contributed by atoms with van der Waals surface area (Å²) in [4.78, 5) is 11.5. The standard InChI is InChI=1S/C10H10Cl2O2/c1-7(6-11)14-10(13)8-4-2-3-5-9(8)12/h2-5,7H,6H2,1H3/t7-/m0/s1. The number of carbonyl (C=O) groups excluding carboxylic acids is 1. The molecule has 1 rings (SSSR count). The van der Waals surface area contributed by atoms with E-state index in [-0.39, 0.29) is 12.0 Å². The van der Waals surface area contributed by atoms with Gasteiger partial charge in [-0.05, 0) is 19.1 Å². The summed E-state index contributed by atoms with van der Waals surface area (Å²) in [5.41, 5.74) is 0.367. The van der Waals surface area contributed by atoms with Crippen LogP contribution in [0.25, 0.3) is 0 Å². The molecule has 0 heterocycles. The third-order valence-corrected chi connectivity index (χ3v) is 2.38. The Labute approximate surface area is 92.8 Å². The first-order valence-corrected chi connectivity index (χ1v) is 5.08. The molecule has 0 unspecified atom stereocenters. The Bertz CT molecular complexity index is 326. The molecule has 0 aliphatic carbocycles. The summed E-state index contributed by atoms with van der Waals surface area (Å²) in [6.07, 6.45) is -0.305. The zero-order chi connectivity index (χ0) is 10.6. The van der Waals surface area contributed by atoms with E-state index in [4.69, 9.17) is 27.9 Å². The molecule has 0 saturated heterocycles. The van der Waals surface area contributed by atoms with Crippen molar-refractivity contribution in [1.29, 1.82) is 0 Å². The van der Waals surface area contributed by atoms with E-state index in [0.29, 0.717) is 10.6 Å². The van der Waals surface area contributed by atoms with Gasteiger partial charge in [0.15, 0.2) is 0 Å². The van der Waals surface area contributed by atoms with E-state index in [0.717, 1.165) is 0 Å². The normalized spacial score (nSPS) is 12.2. The fraction of sp³-hybridized carbons (Fsp3) is 0.300. The third kappa shape index (κ3) is 2.89. The molecule has 0 spiro atoms. The van der Waals surface area contributed by atoms with Gasteiger partial charge in [-0.1, -0.05) is 23.7 Å². The molecule has 0 aromatic heterocycles. The Morgan fingerprint density at radius 3 is 2.71 bits per heavy atom. The molecular formula is C10H10Cl2O2. The van der Waals surface area contributed by atoms with Crippen LogP contribution in [0.15, 0.2) is 24.3 Å². The minimum atomic E-state index is -0.441. The second kappa shape index (κ2) is 5.23. The van der Waals surface area contributed by atoms with Gasteiger partial charge in [0, 0.05) is 0 Å². The minimum absolute atomic E-state index is 0.274. The number of benzene rings is 1. The molecule has 0 aliphatic heterocycles. The molecule has 76 valence electrons. The summed E-state index contributed by atoms with van der Waals surface area (Å²) < 4.78 is 5.01. The predicted octanol–water partition coefficient (Wildman–Crippen LogP) is 3.12. The van der Waals surface area contributed by atoms with Crippen molar-refractivity contribution < 1.29 is 9.53 Å². The summed E-state index contributed by atoms with van der Waals surface area (Å²) in [5.74, 6) is -0.167. The molecule has 0 amide bonds. The van der Waals surface area contributed by atoms with Crippen LogP contribution in [0.2, 0.25) is 5.02 Å². The largest absolute Gasteiger partial charge is 0.458 e. The zero-order valence-electron chi connectivity index (χ0n) is 7.67. The highest BCUT2D eigenvalue weighted by molar-refractivity contribution is 6.33. The lowest BCUT2D eigenvalue weighted by Gasteiger charge is -2.10.